The molecule has 0 amide bonds. The minimum Gasteiger partial charge on any atom is -0.324 e. The molecule has 1 unspecified atom stereocenters. The van der Waals surface area contributed by atoms with Crippen molar-refractivity contribution in [2.45, 2.75) is 57.5 Å². The summed E-state index contributed by atoms with van der Waals surface area (Å²) in [5.41, 5.74) is 6.82. The van der Waals surface area contributed by atoms with E-state index < -0.39 is 0 Å². The number of nitrogens with zero attached hydrogens (tertiary/aromatic N) is 1. The van der Waals surface area contributed by atoms with Gasteiger partial charge in [0.25, 0.3) is 0 Å². The molecular formula is C12H24N2. The van der Waals surface area contributed by atoms with Gasteiger partial charge in [0, 0.05) is 17.6 Å². The van der Waals surface area contributed by atoms with Gasteiger partial charge in [-0.15, -0.1) is 0 Å². The maximum Gasteiger partial charge on any atom is 0.0283 e. The van der Waals surface area contributed by atoms with Crippen LogP contribution < -0.4 is 5.73 Å². The van der Waals surface area contributed by atoms with Gasteiger partial charge in [-0.1, -0.05) is 0 Å². The molecule has 1 aliphatic carbocycles. The third kappa shape index (κ3) is 1.96. The Hall–Kier alpha value is -0.0800. The molecule has 0 aromatic carbocycles. The fraction of sp³-hybridized carbons (Fsp3) is 1.00. The van der Waals surface area contributed by atoms with E-state index in [4.69, 9.17) is 5.73 Å². The Balaban J connectivity index is 1.96. The minimum atomic E-state index is 0.0572. The molecule has 0 spiro atoms. The molecule has 2 heteroatoms. The zero-order chi connectivity index (χ0) is 10.4. The van der Waals surface area contributed by atoms with Gasteiger partial charge >= 0.3 is 0 Å². The summed E-state index contributed by atoms with van der Waals surface area (Å²) < 4.78 is 0. The lowest BCUT2D eigenvalue weighted by atomic mass is 9.94. The molecule has 0 aromatic heterocycles. The number of likely N-dealkylation sites (tertiary alicyclic amines) is 1. The molecule has 82 valence electrons. The molecule has 2 aliphatic rings. The summed E-state index contributed by atoms with van der Waals surface area (Å²) in [6.07, 6.45) is 5.37. The van der Waals surface area contributed by atoms with E-state index in [0.717, 1.165) is 12.5 Å². The molecular weight excluding hydrogens is 172 g/mol. The second kappa shape index (κ2) is 3.21. The van der Waals surface area contributed by atoms with Crippen molar-refractivity contribution in [3.8, 4) is 0 Å². The van der Waals surface area contributed by atoms with Crippen molar-refractivity contribution in [3.63, 3.8) is 0 Å². The molecule has 2 rings (SSSR count). The Morgan fingerprint density at radius 3 is 2.50 bits per heavy atom. The third-order valence-corrected chi connectivity index (χ3v) is 4.11. The standard InChI is InChI=1S/C12H24N2/c1-11(2)7-4-8-14(11)9-12(3,13)10-5-6-10/h10H,4-9,13H2,1-3H3. The Kier molecular flexibility index (Phi) is 2.39. The highest BCUT2D eigenvalue weighted by atomic mass is 15.2. The van der Waals surface area contributed by atoms with Crippen LogP contribution in [0, 0.1) is 5.92 Å². The van der Waals surface area contributed by atoms with E-state index in [1.54, 1.807) is 0 Å². The van der Waals surface area contributed by atoms with Crippen LogP contribution in [0.25, 0.3) is 0 Å². The first-order chi connectivity index (χ1) is 6.42. The van der Waals surface area contributed by atoms with Gasteiger partial charge in [-0.3, -0.25) is 4.90 Å². The maximum absolute atomic E-state index is 6.38. The highest BCUT2D eigenvalue weighted by Gasteiger charge is 2.42. The molecule has 1 saturated heterocycles. The summed E-state index contributed by atoms with van der Waals surface area (Å²) in [6.45, 7) is 9.27. The van der Waals surface area contributed by atoms with Crippen LogP contribution in [0.3, 0.4) is 0 Å². The van der Waals surface area contributed by atoms with E-state index in [-0.39, 0.29) is 5.54 Å². The van der Waals surface area contributed by atoms with Gasteiger partial charge in [-0.2, -0.15) is 0 Å². The first-order valence-electron chi connectivity index (χ1n) is 5.96. The molecule has 0 aromatic rings. The molecule has 14 heavy (non-hydrogen) atoms. The summed E-state index contributed by atoms with van der Waals surface area (Å²) in [7, 11) is 0. The lowest BCUT2D eigenvalue weighted by Crippen LogP contribution is -2.53. The maximum atomic E-state index is 6.38. The Labute approximate surface area is 87.8 Å². The number of rotatable bonds is 3. The van der Waals surface area contributed by atoms with Crippen LogP contribution in [0.5, 0.6) is 0 Å². The first kappa shape index (κ1) is 10.4. The van der Waals surface area contributed by atoms with Crippen molar-refractivity contribution in [3.05, 3.63) is 0 Å². The van der Waals surface area contributed by atoms with Crippen LogP contribution in [0.2, 0.25) is 0 Å². The number of nitrogens with two attached hydrogens (primary N) is 1. The molecule has 1 aliphatic heterocycles. The average molecular weight is 196 g/mol. The fourth-order valence-electron chi connectivity index (χ4n) is 2.74. The molecule has 1 heterocycles. The lowest BCUT2D eigenvalue weighted by Gasteiger charge is -2.38. The second-order valence-electron chi connectivity index (χ2n) is 6.12. The molecule has 2 N–H and O–H groups in total. The van der Waals surface area contributed by atoms with Crippen LogP contribution in [0.1, 0.15) is 46.5 Å². The average Bonchev–Trinajstić information content (AvgIpc) is 2.80. The van der Waals surface area contributed by atoms with Gasteiger partial charge in [0.1, 0.15) is 0 Å². The SMILES string of the molecule is CC(N)(CN1CCCC1(C)C)C1CC1. The van der Waals surface area contributed by atoms with E-state index in [0.29, 0.717) is 5.54 Å². The van der Waals surface area contributed by atoms with Gasteiger partial charge in [0.15, 0.2) is 0 Å². The van der Waals surface area contributed by atoms with Crippen molar-refractivity contribution in [1.29, 1.82) is 0 Å². The lowest BCUT2D eigenvalue weighted by molar-refractivity contribution is 0.131. The normalized spacial score (nSPS) is 31.7. The van der Waals surface area contributed by atoms with Crippen molar-refractivity contribution in [2.75, 3.05) is 13.1 Å². The van der Waals surface area contributed by atoms with Crippen molar-refractivity contribution < 1.29 is 0 Å². The molecule has 1 saturated carbocycles. The van der Waals surface area contributed by atoms with Crippen LogP contribution >= 0.6 is 0 Å². The summed E-state index contributed by atoms with van der Waals surface area (Å²) in [5, 5.41) is 0. The Morgan fingerprint density at radius 1 is 1.43 bits per heavy atom. The van der Waals surface area contributed by atoms with Gasteiger partial charge in [0.2, 0.25) is 0 Å². The zero-order valence-corrected chi connectivity index (χ0v) is 9.84. The van der Waals surface area contributed by atoms with Gasteiger partial charge in [-0.25, -0.2) is 0 Å². The molecule has 2 fully saturated rings. The summed E-state index contributed by atoms with van der Waals surface area (Å²) in [4.78, 5) is 2.59. The van der Waals surface area contributed by atoms with E-state index >= 15 is 0 Å². The van der Waals surface area contributed by atoms with E-state index in [1.807, 2.05) is 0 Å². The van der Waals surface area contributed by atoms with Crippen LogP contribution in [-0.4, -0.2) is 29.1 Å². The predicted molar refractivity (Wildman–Crippen MR) is 60.2 cm³/mol. The van der Waals surface area contributed by atoms with E-state index in [9.17, 15) is 0 Å². The summed E-state index contributed by atoms with van der Waals surface area (Å²) in [5.74, 6) is 0.791. The van der Waals surface area contributed by atoms with Crippen molar-refractivity contribution in [1.82, 2.24) is 4.90 Å². The summed E-state index contributed by atoms with van der Waals surface area (Å²) >= 11 is 0. The smallest absolute Gasteiger partial charge is 0.0283 e. The first-order valence-corrected chi connectivity index (χ1v) is 5.96. The quantitative estimate of drug-likeness (QED) is 0.748. The molecule has 1 atom stereocenters. The van der Waals surface area contributed by atoms with Crippen LogP contribution in [0.15, 0.2) is 0 Å². The Bertz CT molecular complexity index is 216. The number of hydrogen-bond donors (Lipinski definition) is 1. The predicted octanol–water partition coefficient (Wildman–Crippen LogP) is 1.99. The van der Waals surface area contributed by atoms with Crippen molar-refractivity contribution in [2.24, 2.45) is 11.7 Å². The molecule has 0 bridgehead atoms. The van der Waals surface area contributed by atoms with Crippen LogP contribution in [-0.2, 0) is 0 Å². The van der Waals surface area contributed by atoms with Gasteiger partial charge in [0.05, 0.1) is 0 Å². The highest BCUT2D eigenvalue weighted by molar-refractivity contribution is 5.00. The highest BCUT2D eigenvalue weighted by Crippen LogP contribution is 2.40. The zero-order valence-electron chi connectivity index (χ0n) is 9.84. The largest absolute Gasteiger partial charge is 0.324 e. The second-order valence-corrected chi connectivity index (χ2v) is 6.12. The molecule has 2 nitrogen and oxygen atoms in total. The third-order valence-electron chi connectivity index (χ3n) is 4.11. The fourth-order valence-corrected chi connectivity index (χ4v) is 2.74. The topological polar surface area (TPSA) is 29.3 Å². The molecule has 0 radical (unpaired) electrons. The summed E-state index contributed by atoms with van der Waals surface area (Å²) in [6, 6.07) is 0. The van der Waals surface area contributed by atoms with Gasteiger partial charge in [-0.05, 0) is 58.9 Å². The van der Waals surface area contributed by atoms with E-state index in [2.05, 4.69) is 25.7 Å². The van der Waals surface area contributed by atoms with Crippen LogP contribution in [0.4, 0.5) is 0 Å². The number of hydrogen-bond acceptors (Lipinski definition) is 2. The van der Waals surface area contributed by atoms with Gasteiger partial charge < -0.3 is 5.73 Å². The van der Waals surface area contributed by atoms with Crippen molar-refractivity contribution >= 4 is 0 Å². The monoisotopic (exact) mass is 196 g/mol. The Morgan fingerprint density at radius 2 is 2.07 bits per heavy atom. The minimum absolute atomic E-state index is 0.0572. The van der Waals surface area contributed by atoms with E-state index in [1.165, 1.54) is 32.2 Å².